The Kier molecular flexibility index (Phi) is 1.49. The fraction of sp³-hybridized carbons (Fsp3) is 0.429. The molecule has 0 aliphatic carbocycles. The topological polar surface area (TPSA) is 64.3 Å². The quantitative estimate of drug-likeness (QED) is 0.639. The number of carboxylic acid groups (broad SMARTS) is 1. The standard InChI is InChI=1S/C7H8N2O3/c10-7(11)5-3-9-6(12-4-5)1-2-8-9/h1-2,5H,3-4H2,(H,10,11). The summed E-state index contributed by atoms with van der Waals surface area (Å²) in [6.07, 6.45) is 1.60. The van der Waals surface area contributed by atoms with E-state index in [0.717, 1.165) is 0 Å². The van der Waals surface area contributed by atoms with Crippen LogP contribution in [0.4, 0.5) is 0 Å². The third-order valence-electron chi connectivity index (χ3n) is 1.85. The van der Waals surface area contributed by atoms with Gasteiger partial charge in [0, 0.05) is 6.07 Å². The molecule has 0 saturated heterocycles. The van der Waals surface area contributed by atoms with Gasteiger partial charge in [-0.25, -0.2) is 4.68 Å². The molecule has 1 aliphatic heterocycles. The predicted octanol–water partition coefficient (Wildman–Crippen LogP) is -0.0237. The Morgan fingerprint density at radius 2 is 2.67 bits per heavy atom. The van der Waals surface area contributed by atoms with Gasteiger partial charge < -0.3 is 9.84 Å². The highest BCUT2D eigenvalue weighted by molar-refractivity contribution is 5.70. The Balaban J connectivity index is 2.20. The molecule has 1 aliphatic rings. The monoisotopic (exact) mass is 168 g/mol. The third-order valence-corrected chi connectivity index (χ3v) is 1.85. The lowest BCUT2D eigenvalue weighted by Crippen LogP contribution is -2.31. The molecular formula is C7H8N2O3. The van der Waals surface area contributed by atoms with Crippen molar-refractivity contribution in [2.24, 2.45) is 5.92 Å². The van der Waals surface area contributed by atoms with Crippen LogP contribution in [0.2, 0.25) is 0 Å². The molecule has 12 heavy (non-hydrogen) atoms. The molecule has 0 spiro atoms. The zero-order valence-electron chi connectivity index (χ0n) is 6.30. The Bertz CT molecular complexity index is 307. The van der Waals surface area contributed by atoms with Crippen LogP contribution in [0.1, 0.15) is 0 Å². The lowest BCUT2D eigenvalue weighted by Gasteiger charge is -2.20. The first-order valence-corrected chi connectivity index (χ1v) is 3.65. The minimum atomic E-state index is -0.837. The van der Waals surface area contributed by atoms with E-state index in [9.17, 15) is 4.79 Å². The lowest BCUT2D eigenvalue weighted by atomic mass is 10.1. The van der Waals surface area contributed by atoms with Gasteiger partial charge in [-0.2, -0.15) is 5.10 Å². The maximum absolute atomic E-state index is 10.6. The molecular weight excluding hydrogens is 160 g/mol. The fourth-order valence-corrected chi connectivity index (χ4v) is 1.18. The minimum Gasteiger partial charge on any atom is -0.481 e. The van der Waals surface area contributed by atoms with Gasteiger partial charge in [0.2, 0.25) is 5.88 Å². The molecule has 0 radical (unpaired) electrons. The van der Waals surface area contributed by atoms with Crippen LogP contribution in [0, 0.1) is 5.92 Å². The summed E-state index contributed by atoms with van der Waals surface area (Å²) in [5.41, 5.74) is 0. The van der Waals surface area contributed by atoms with Gasteiger partial charge in [0.05, 0.1) is 12.7 Å². The number of rotatable bonds is 1. The van der Waals surface area contributed by atoms with Crippen molar-refractivity contribution in [3.63, 3.8) is 0 Å². The Hall–Kier alpha value is -1.52. The molecule has 5 heteroatoms. The van der Waals surface area contributed by atoms with Gasteiger partial charge in [-0.3, -0.25) is 4.79 Å². The molecule has 1 unspecified atom stereocenters. The molecule has 2 rings (SSSR count). The molecule has 0 aromatic carbocycles. The third kappa shape index (κ3) is 1.03. The van der Waals surface area contributed by atoms with E-state index in [0.29, 0.717) is 12.4 Å². The summed E-state index contributed by atoms with van der Waals surface area (Å²) in [6.45, 7) is 0.638. The first-order chi connectivity index (χ1) is 5.77. The van der Waals surface area contributed by atoms with Crippen molar-refractivity contribution in [2.45, 2.75) is 6.54 Å². The van der Waals surface area contributed by atoms with Crippen molar-refractivity contribution < 1.29 is 14.6 Å². The average Bonchev–Trinajstić information content (AvgIpc) is 2.49. The second kappa shape index (κ2) is 2.51. The second-order valence-corrected chi connectivity index (χ2v) is 2.70. The first kappa shape index (κ1) is 7.15. The average molecular weight is 168 g/mol. The smallest absolute Gasteiger partial charge is 0.311 e. The van der Waals surface area contributed by atoms with E-state index in [2.05, 4.69) is 5.10 Å². The largest absolute Gasteiger partial charge is 0.481 e. The van der Waals surface area contributed by atoms with Crippen molar-refractivity contribution in [3.05, 3.63) is 12.3 Å². The Morgan fingerprint density at radius 3 is 3.42 bits per heavy atom. The summed E-state index contributed by atoms with van der Waals surface area (Å²) in [5, 5.41) is 12.6. The van der Waals surface area contributed by atoms with Crippen LogP contribution in [-0.4, -0.2) is 27.5 Å². The highest BCUT2D eigenvalue weighted by Gasteiger charge is 2.25. The number of aromatic nitrogens is 2. The highest BCUT2D eigenvalue weighted by atomic mass is 16.5. The number of hydrogen-bond donors (Lipinski definition) is 1. The van der Waals surface area contributed by atoms with E-state index < -0.39 is 11.9 Å². The van der Waals surface area contributed by atoms with E-state index in [1.54, 1.807) is 16.9 Å². The molecule has 5 nitrogen and oxygen atoms in total. The number of carboxylic acids is 1. The second-order valence-electron chi connectivity index (χ2n) is 2.70. The van der Waals surface area contributed by atoms with Gasteiger partial charge >= 0.3 is 5.97 Å². The Morgan fingerprint density at radius 1 is 1.83 bits per heavy atom. The first-order valence-electron chi connectivity index (χ1n) is 3.65. The number of fused-ring (bicyclic) bond motifs is 1. The van der Waals surface area contributed by atoms with Gasteiger partial charge in [0.15, 0.2) is 0 Å². The van der Waals surface area contributed by atoms with Gasteiger partial charge in [0.25, 0.3) is 0 Å². The van der Waals surface area contributed by atoms with Crippen LogP contribution in [-0.2, 0) is 11.3 Å². The van der Waals surface area contributed by atoms with Crippen LogP contribution >= 0.6 is 0 Å². The van der Waals surface area contributed by atoms with E-state index in [4.69, 9.17) is 9.84 Å². The normalized spacial score (nSPS) is 21.2. The molecule has 64 valence electrons. The zero-order chi connectivity index (χ0) is 8.55. The van der Waals surface area contributed by atoms with E-state index in [1.807, 2.05) is 0 Å². The Labute approximate surface area is 68.6 Å². The van der Waals surface area contributed by atoms with Crippen LogP contribution in [0.25, 0.3) is 0 Å². The number of aliphatic carboxylic acids is 1. The highest BCUT2D eigenvalue weighted by Crippen LogP contribution is 2.18. The molecule has 1 aromatic heterocycles. The van der Waals surface area contributed by atoms with Crippen LogP contribution in [0.3, 0.4) is 0 Å². The van der Waals surface area contributed by atoms with Crippen LogP contribution < -0.4 is 4.74 Å². The summed E-state index contributed by atoms with van der Waals surface area (Å²) in [7, 11) is 0. The van der Waals surface area contributed by atoms with Crippen molar-refractivity contribution in [1.29, 1.82) is 0 Å². The SMILES string of the molecule is O=C(O)C1COc2ccnn2C1. The molecule has 0 amide bonds. The van der Waals surface area contributed by atoms with Crippen LogP contribution in [0.5, 0.6) is 5.88 Å². The lowest BCUT2D eigenvalue weighted by molar-refractivity contribution is -0.144. The van der Waals surface area contributed by atoms with Gasteiger partial charge in [0.1, 0.15) is 12.5 Å². The van der Waals surface area contributed by atoms with Crippen molar-refractivity contribution in [1.82, 2.24) is 9.78 Å². The maximum Gasteiger partial charge on any atom is 0.311 e. The van der Waals surface area contributed by atoms with Gasteiger partial charge in [-0.1, -0.05) is 0 Å². The minimum absolute atomic E-state index is 0.237. The van der Waals surface area contributed by atoms with E-state index in [1.165, 1.54) is 0 Å². The molecule has 1 N–H and O–H groups in total. The van der Waals surface area contributed by atoms with E-state index >= 15 is 0 Å². The number of hydrogen-bond acceptors (Lipinski definition) is 3. The summed E-state index contributed by atoms with van der Waals surface area (Å²) < 4.78 is 6.71. The van der Waals surface area contributed by atoms with Crippen molar-refractivity contribution in [2.75, 3.05) is 6.61 Å². The van der Waals surface area contributed by atoms with Crippen molar-refractivity contribution in [3.8, 4) is 5.88 Å². The van der Waals surface area contributed by atoms with Gasteiger partial charge in [-0.15, -0.1) is 0 Å². The zero-order valence-corrected chi connectivity index (χ0v) is 6.30. The molecule has 0 bridgehead atoms. The van der Waals surface area contributed by atoms with E-state index in [-0.39, 0.29) is 6.61 Å². The molecule has 1 atom stereocenters. The molecule has 2 heterocycles. The summed E-state index contributed by atoms with van der Waals surface area (Å²) >= 11 is 0. The summed E-state index contributed by atoms with van der Waals surface area (Å²) in [6, 6.07) is 1.72. The van der Waals surface area contributed by atoms with Gasteiger partial charge in [-0.05, 0) is 0 Å². The number of nitrogens with zero attached hydrogens (tertiary/aromatic N) is 2. The molecule has 0 fully saturated rings. The number of ether oxygens (including phenoxy) is 1. The maximum atomic E-state index is 10.6. The van der Waals surface area contributed by atoms with Crippen molar-refractivity contribution >= 4 is 5.97 Å². The fourth-order valence-electron chi connectivity index (χ4n) is 1.18. The summed E-state index contributed by atoms with van der Waals surface area (Å²) in [5.74, 6) is -0.666. The van der Waals surface area contributed by atoms with Crippen LogP contribution in [0.15, 0.2) is 12.3 Å². The number of carbonyl (C=O) groups is 1. The summed E-state index contributed by atoms with van der Waals surface area (Å²) in [4.78, 5) is 10.6. The predicted molar refractivity (Wildman–Crippen MR) is 38.8 cm³/mol. The molecule has 1 aromatic rings. The molecule has 0 saturated carbocycles.